The van der Waals surface area contributed by atoms with Crippen LogP contribution < -0.4 is 0 Å². The van der Waals surface area contributed by atoms with Gasteiger partial charge in [0, 0.05) is 27.3 Å². The standard InChI is InChI=1S/C47H28N4O/c1-3-13-29(14-4-1)45-48-46(30-15-5-2-6-16-30)50-47(49-45)36-23-24-40(43-38-26-32-18-8-10-20-34(32)28-42(38)52-44(36)43)51-39-22-12-11-21-35(39)37-25-31-17-7-9-19-33(31)27-41(37)51/h1-28H. The lowest BCUT2D eigenvalue weighted by molar-refractivity contribution is 0.670. The minimum atomic E-state index is 0.557. The van der Waals surface area contributed by atoms with Crippen LogP contribution in [-0.2, 0) is 0 Å². The zero-order chi connectivity index (χ0) is 34.2. The number of nitrogens with zero attached hydrogens (tertiary/aromatic N) is 4. The fraction of sp³-hybridized carbons (Fsp3) is 0. The summed E-state index contributed by atoms with van der Waals surface area (Å²) >= 11 is 0. The summed E-state index contributed by atoms with van der Waals surface area (Å²) in [6.45, 7) is 0. The molecule has 3 aromatic heterocycles. The van der Waals surface area contributed by atoms with Crippen molar-refractivity contribution in [2.45, 2.75) is 0 Å². The second-order valence-corrected chi connectivity index (χ2v) is 13.2. The van der Waals surface area contributed by atoms with Gasteiger partial charge in [-0.3, -0.25) is 0 Å². The molecule has 0 fully saturated rings. The largest absolute Gasteiger partial charge is 0.455 e. The summed E-state index contributed by atoms with van der Waals surface area (Å²) in [5.74, 6) is 1.77. The molecule has 5 heteroatoms. The highest BCUT2D eigenvalue weighted by molar-refractivity contribution is 6.19. The van der Waals surface area contributed by atoms with E-state index in [0.29, 0.717) is 17.5 Å². The predicted octanol–water partition coefficient (Wildman–Crippen LogP) is 12.2. The maximum atomic E-state index is 6.96. The summed E-state index contributed by atoms with van der Waals surface area (Å²) in [6.07, 6.45) is 0. The molecule has 0 amide bonds. The molecule has 0 saturated heterocycles. The van der Waals surface area contributed by atoms with Gasteiger partial charge in [-0.15, -0.1) is 0 Å². The third kappa shape index (κ3) is 4.39. The van der Waals surface area contributed by atoms with Gasteiger partial charge in [-0.2, -0.15) is 0 Å². The van der Waals surface area contributed by atoms with Gasteiger partial charge < -0.3 is 8.98 Å². The number of para-hydroxylation sites is 1. The van der Waals surface area contributed by atoms with Gasteiger partial charge in [0.2, 0.25) is 0 Å². The summed E-state index contributed by atoms with van der Waals surface area (Å²) in [5.41, 5.74) is 7.51. The van der Waals surface area contributed by atoms with E-state index in [1.807, 2.05) is 60.7 Å². The molecule has 52 heavy (non-hydrogen) atoms. The lowest BCUT2D eigenvalue weighted by Crippen LogP contribution is -2.01. The van der Waals surface area contributed by atoms with Crippen molar-refractivity contribution in [2.24, 2.45) is 0 Å². The average molecular weight is 665 g/mol. The Morgan fingerprint density at radius 3 is 1.62 bits per heavy atom. The first-order valence-corrected chi connectivity index (χ1v) is 17.4. The third-order valence-corrected chi connectivity index (χ3v) is 10.2. The van der Waals surface area contributed by atoms with Crippen LogP contribution in [0.3, 0.4) is 0 Å². The Labute approximate surface area is 298 Å². The molecule has 0 bridgehead atoms. The molecule has 242 valence electrons. The number of hydrogen-bond donors (Lipinski definition) is 0. The van der Waals surface area contributed by atoms with Crippen molar-refractivity contribution in [3.63, 3.8) is 0 Å². The Hall–Kier alpha value is -7.11. The molecule has 8 aromatic carbocycles. The molecule has 0 saturated carbocycles. The zero-order valence-corrected chi connectivity index (χ0v) is 27.9. The molecule has 0 unspecified atom stereocenters. The fourth-order valence-electron chi connectivity index (χ4n) is 7.75. The van der Waals surface area contributed by atoms with E-state index in [1.165, 1.54) is 21.5 Å². The van der Waals surface area contributed by atoms with Crippen molar-refractivity contribution >= 4 is 65.3 Å². The van der Waals surface area contributed by atoms with E-state index in [9.17, 15) is 0 Å². The molecule has 0 aliphatic rings. The first kappa shape index (κ1) is 28.7. The lowest BCUT2D eigenvalue weighted by atomic mass is 10.0. The fourth-order valence-corrected chi connectivity index (χ4v) is 7.75. The molecule has 0 atom stereocenters. The van der Waals surface area contributed by atoms with E-state index in [2.05, 4.69) is 114 Å². The van der Waals surface area contributed by atoms with Gasteiger partial charge in [0.15, 0.2) is 17.5 Å². The SMILES string of the molecule is c1ccc(-c2nc(-c3ccccc3)nc(-c3ccc(-n4c5ccccc5c5cc6ccccc6cc54)c4c3oc3cc5ccccc5cc34)n2)cc1. The van der Waals surface area contributed by atoms with Crippen molar-refractivity contribution in [3.05, 3.63) is 170 Å². The molecule has 0 aliphatic carbocycles. The van der Waals surface area contributed by atoms with Crippen molar-refractivity contribution in [1.82, 2.24) is 19.5 Å². The van der Waals surface area contributed by atoms with Crippen LogP contribution in [0, 0.1) is 0 Å². The Kier molecular flexibility index (Phi) is 6.18. The number of benzene rings is 8. The van der Waals surface area contributed by atoms with E-state index >= 15 is 0 Å². The highest BCUT2D eigenvalue weighted by Gasteiger charge is 2.23. The first-order chi connectivity index (χ1) is 25.8. The summed E-state index contributed by atoms with van der Waals surface area (Å²) in [7, 11) is 0. The van der Waals surface area contributed by atoms with Gasteiger partial charge in [0.05, 0.1) is 27.7 Å². The Morgan fingerprint density at radius 2 is 0.942 bits per heavy atom. The minimum absolute atomic E-state index is 0.557. The van der Waals surface area contributed by atoms with E-state index in [-0.39, 0.29) is 0 Å². The second kappa shape index (κ2) is 11.2. The summed E-state index contributed by atoms with van der Waals surface area (Å²) in [5, 5.41) is 9.16. The highest BCUT2D eigenvalue weighted by atomic mass is 16.3. The van der Waals surface area contributed by atoms with Gasteiger partial charge in [-0.25, -0.2) is 15.0 Å². The monoisotopic (exact) mass is 664 g/mol. The Balaban J connectivity index is 1.26. The molecule has 0 spiro atoms. The number of aromatic nitrogens is 4. The third-order valence-electron chi connectivity index (χ3n) is 10.2. The van der Waals surface area contributed by atoms with Gasteiger partial charge in [0.25, 0.3) is 0 Å². The quantitative estimate of drug-likeness (QED) is 0.188. The van der Waals surface area contributed by atoms with Crippen molar-refractivity contribution in [3.8, 4) is 39.9 Å². The van der Waals surface area contributed by atoms with E-state index in [4.69, 9.17) is 19.4 Å². The molecule has 0 radical (unpaired) electrons. The maximum absolute atomic E-state index is 6.96. The number of furan rings is 1. The van der Waals surface area contributed by atoms with Gasteiger partial charge in [-0.05, 0) is 64.0 Å². The number of fused-ring (bicyclic) bond motifs is 8. The predicted molar refractivity (Wildman–Crippen MR) is 213 cm³/mol. The highest BCUT2D eigenvalue weighted by Crippen LogP contribution is 2.43. The van der Waals surface area contributed by atoms with Crippen molar-refractivity contribution in [2.75, 3.05) is 0 Å². The molecule has 0 N–H and O–H groups in total. The van der Waals surface area contributed by atoms with Gasteiger partial charge in [0.1, 0.15) is 11.2 Å². The van der Waals surface area contributed by atoms with Crippen LogP contribution in [-0.4, -0.2) is 19.5 Å². The summed E-state index contributed by atoms with van der Waals surface area (Å²) in [6, 6.07) is 59.2. The van der Waals surface area contributed by atoms with Crippen molar-refractivity contribution in [1.29, 1.82) is 0 Å². The number of hydrogen-bond acceptors (Lipinski definition) is 4. The normalized spacial score (nSPS) is 11.8. The van der Waals surface area contributed by atoms with Crippen LogP contribution >= 0.6 is 0 Å². The molecular formula is C47H28N4O. The summed E-state index contributed by atoms with van der Waals surface area (Å²) in [4.78, 5) is 15.2. The van der Waals surface area contributed by atoms with Crippen LogP contribution in [0.4, 0.5) is 0 Å². The first-order valence-electron chi connectivity index (χ1n) is 17.4. The molecule has 5 nitrogen and oxygen atoms in total. The Bertz CT molecular complexity index is 3120. The second-order valence-electron chi connectivity index (χ2n) is 13.2. The topological polar surface area (TPSA) is 56.7 Å². The maximum Gasteiger partial charge on any atom is 0.167 e. The summed E-state index contributed by atoms with van der Waals surface area (Å²) < 4.78 is 9.35. The molecule has 11 aromatic rings. The van der Waals surface area contributed by atoms with Crippen LogP contribution in [0.25, 0.3) is 105 Å². The van der Waals surface area contributed by atoms with Gasteiger partial charge in [-0.1, -0.05) is 127 Å². The zero-order valence-electron chi connectivity index (χ0n) is 27.9. The minimum Gasteiger partial charge on any atom is -0.455 e. The van der Waals surface area contributed by atoms with Crippen LogP contribution in [0.15, 0.2) is 174 Å². The Morgan fingerprint density at radius 1 is 0.404 bits per heavy atom. The van der Waals surface area contributed by atoms with E-state index in [1.54, 1.807) is 0 Å². The van der Waals surface area contributed by atoms with E-state index in [0.717, 1.165) is 66.1 Å². The molecule has 11 rings (SSSR count). The molecule has 0 aliphatic heterocycles. The molecular weight excluding hydrogens is 637 g/mol. The molecule has 3 heterocycles. The van der Waals surface area contributed by atoms with Crippen LogP contribution in [0.1, 0.15) is 0 Å². The van der Waals surface area contributed by atoms with Crippen molar-refractivity contribution < 1.29 is 4.42 Å². The van der Waals surface area contributed by atoms with Crippen LogP contribution in [0.5, 0.6) is 0 Å². The number of rotatable bonds is 4. The van der Waals surface area contributed by atoms with Gasteiger partial charge >= 0.3 is 0 Å². The smallest absolute Gasteiger partial charge is 0.167 e. The lowest BCUT2D eigenvalue weighted by Gasteiger charge is -2.13. The average Bonchev–Trinajstić information content (AvgIpc) is 3.74. The van der Waals surface area contributed by atoms with E-state index < -0.39 is 0 Å². The van der Waals surface area contributed by atoms with Crippen LogP contribution in [0.2, 0.25) is 0 Å².